The average Bonchev–Trinajstić information content (AvgIpc) is 2.74. The summed E-state index contributed by atoms with van der Waals surface area (Å²) in [6.45, 7) is 4.89. The fraction of sp³-hybridized carbons (Fsp3) is 0.600. The van der Waals surface area contributed by atoms with Gasteiger partial charge in [-0.2, -0.15) is 0 Å². The van der Waals surface area contributed by atoms with Crippen LogP contribution in [0, 0.1) is 0 Å². The topological polar surface area (TPSA) is 62.7 Å². The number of hydrogen-bond donors (Lipinski definition) is 1. The van der Waals surface area contributed by atoms with Crippen molar-refractivity contribution in [3.8, 4) is 0 Å². The molecule has 0 saturated carbocycles. The minimum atomic E-state index is -0.937. The van der Waals surface area contributed by atoms with Crippen LogP contribution in [-0.2, 0) is 11.2 Å². The van der Waals surface area contributed by atoms with E-state index in [-0.39, 0.29) is 5.69 Å². The molecular formula is C10H14N2O3S. The van der Waals surface area contributed by atoms with Crippen molar-refractivity contribution in [3.05, 3.63) is 10.6 Å². The van der Waals surface area contributed by atoms with Gasteiger partial charge in [0.25, 0.3) is 0 Å². The van der Waals surface area contributed by atoms with Crippen molar-refractivity contribution < 1.29 is 14.6 Å². The van der Waals surface area contributed by atoms with Crippen molar-refractivity contribution in [1.82, 2.24) is 4.98 Å². The fourth-order valence-electron chi connectivity index (χ4n) is 1.64. The molecule has 1 N–H and O–H groups in total. The summed E-state index contributed by atoms with van der Waals surface area (Å²) in [5, 5.41) is 9.81. The second-order valence-corrected chi connectivity index (χ2v) is 4.59. The molecular weight excluding hydrogens is 228 g/mol. The first-order valence-corrected chi connectivity index (χ1v) is 6.09. The molecule has 2 heterocycles. The molecule has 1 aliphatic rings. The number of carbonyl (C=O) groups is 1. The Morgan fingerprint density at radius 2 is 2.25 bits per heavy atom. The zero-order chi connectivity index (χ0) is 11.5. The number of anilines is 1. The molecule has 0 spiro atoms. The van der Waals surface area contributed by atoms with Crippen molar-refractivity contribution in [2.24, 2.45) is 0 Å². The number of rotatable bonds is 3. The molecule has 1 fully saturated rings. The van der Waals surface area contributed by atoms with E-state index in [4.69, 9.17) is 9.84 Å². The van der Waals surface area contributed by atoms with E-state index < -0.39 is 5.97 Å². The molecule has 6 heteroatoms. The Morgan fingerprint density at radius 3 is 2.75 bits per heavy atom. The second-order valence-electron chi connectivity index (χ2n) is 3.53. The van der Waals surface area contributed by atoms with Gasteiger partial charge in [0.1, 0.15) is 0 Å². The summed E-state index contributed by atoms with van der Waals surface area (Å²) in [6.07, 6.45) is 0.712. The Hall–Kier alpha value is -1.14. The second kappa shape index (κ2) is 4.80. The Bertz CT molecular complexity index is 385. The van der Waals surface area contributed by atoms with Crippen LogP contribution in [0.2, 0.25) is 0 Å². The van der Waals surface area contributed by atoms with E-state index in [9.17, 15) is 4.79 Å². The third-order valence-electron chi connectivity index (χ3n) is 2.49. The highest BCUT2D eigenvalue weighted by molar-refractivity contribution is 7.15. The number of aromatic carboxylic acids is 1. The predicted octanol–water partition coefficient (Wildman–Crippen LogP) is 1.24. The molecule has 0 aliphatic carbocycles. The van der Waals surface area contributed by atoms with Gasteiger partial charge in [-0.25, -0.2) is 9.78 Å². The maximum atomic E-state index is 11.0. The van der Waals surface area contributed by atoms with Gasteiger partial charge in [0.05, 0.1) is 13.2 Å². The summed E-state index contributed by atoms with van der Waals surface area (Å²) in [4.78, 5) is 18.1. The molecule has 0 atom stereocenters. The Morgan fingerprint density at radius 1 is 1.56 bits per heavy atom. The van der Waals surface area contributed by atoms with Gasteiger partial charge in [-0.3, -0.25) is 0 Å². The summed E-state index contributed by atoms with van der Waals surface area (Å²) in [5.41, 5.74) is 0.203. The molecule has 88 valence electrons. The minimum Gasteiger partial charge on any atom is -0.476 e. The molecule has 16 heavy (non-hydrogen) atoms. The number of thiazole rings is 1. The van der Waals surface area contributed by atoms with Crippen LogP contribution >= 0.6 is 11.3 Å². The van der Waals surface area contributed by atoms with Gasteiger partial charge in [-0.05, 0) is 6.42 Å². The molecule has 0 unspecified atom stereocenters. The van der Waals surface area contributed by atoms with Crippen LogP contribution in [0.15, 0.2) is 0 Å². The molecule has 0 amide bonds. The molecule has 1 aliphatic heterocycles. The van der Waals surface area contributed by atoms with Crippen LogP contribution in [0.25, 0.3) is 0 Å². The van der Waals surface area contributed by atoms with Crippen LogP contribution in [0.1, 0.15) is 22.3 Å². The largest absolute Gasteiger partial charge is 0.476 e. The SMILES string of the molecule is CCc1sc(N2CCOCC2)nc1C(=O)O. The normalized spacial score (nSPS) is 16.4. The first-order valence-electron chi connectivity index (χ1n) is 5.28. The molecule has 0 bridgehead atoms. The minimum absolute atomic E-state index is 0.203. The van der Waals surface area contributed by atoms with Gasteiger partial charge < -0.3 is 14.7 Å². The summed E-state index contributed by atoms with van der Waals surface area (Å²) < 4.78 is 5.25. The number of nitrogens with zero attached hydrogens (tertiary/aromatic N) is 2. The highest BCUT2D eigenvalue weighted by atomic mass is 32.1. The van der Waals surface area contributed by atoms with E-state index in [0.29, 0.717) is 19.6 Å². The van der Waals surface area contributed by atoms with Gasteiger partial charge >= 0.3 is 5.97 Å². The maximum Gasteiger partial charge on any atom is 0.355 e. The summed E-state index contributed by atoms with van der Waals surface area (Å²) >= 11 is 1.47. The van der Waals surface area contributed by atoms with E-state index in [0.717, 1.165) is 23.1 Å². The summed E-state index contributed by atoms with van der Waals surface area (Å²) in [6, 6.07) is 0. The Kier molecular flexibility index (Phi) is 3.40. The molecule has 1 aromatic heterocycles. The lowest BCUT2D eigenvalue weighted by Gasteiger charge is -2.25. The first-order chi connectivity index (χ1) is 7.72. The monoisotopic (exact) mass is 242 g/mol. The van der Waals surface area contributed by atoms with E-state index in [1.165, 1.54) is 11.3 Å². The van der Waals surface area contributed by atoms with Crippen LogP contribution < -0.4 is 4.90 Å². The lowest BCUT2D eigenvalue weighted by Crippen LogP contribution is -2.36. The highest BCUT2D eigenvalue weighted by Gasteiger charge is 2.20. The smallest absolute Gasteiger partial charge is 0.355 e. The van der Waals surface area contributed by atoms with Crippen molar-refractivity contribution in [2.75, 3.05) is 31.2 Å². The average molecular weight is 242 g/mol. The first kappa shape index (κ1) is 11.3. The molecule has 2 rings (SSSR count). The summed E-state index contributed by atoms with van der Waals surface area (Å²) in [7, 11) is 0. The van der Waals surface area contributed by atoms with Crippen molar-refractivity contribution in [1.29, 1.82) is 0 Å². The predicted molar refractivity (Wildman–Crippen MR) is 61.5 cm³/mol. The number of aryl methyl sites for hydroxylation is 1. The molecule has 1 aromatic rings. The lowest BCUT2D eigenvalue weighted by molar-refractivity contribution is 0.0690. The number of carboxylic acids is 1. The Labute approximate surface area is 97.7 Å². The van der Waals surface area contributed by atoms with Gasteiger partial charge in [0, 0.05) is 18.0 Å². The number of morpholine rings is 1. The number of hydrogen-bond acceptors (Lipinski definition) is 5. The van der Waals surface area contributed by atoms with E-state index >= 15 is 0 Å². The fourth-order valence-corrected chi connectivity index (χ4v) is 2.68. The van der Waals surface area contributed by atoms with Gasteiger partial charge in [-0.1, -0.05) is 6.92 Å². The van der Waals surface area contributed by atoms with E-state index in [1.54, 1.807) is 0 Å². The highest BCUT2D eigenvalue weighted by Crippen LogP contribution is 2.27. The Balaban J connectivity index is 2.24. The third kappa shape index (κ3) is 2.17. The van der Waals surface area contributed by atoms with Crippen molar-refractivity contribution >= 4 is 22.4 Å². The molecule has 5 nitrogen and oxygen atoms in total. The zero-order valence-corrected chi connectivity index (χ0v) is 9.92. The van der Waals surface area contributed by atoms with E-state index in [1.807, 2.05) is 6.92 Å². The zero-order valence-electron chi connectivity index (χ0n) is 9.10. The molecule has 1 saturated heterocycles. The quantitative estimate of drug-likeness (QED) is 0.864. The van der Waals surface area contributed by atoms with Crippen LogP contribution in [-0.4, -0.2) is 42.4 Å². The van der Waals surface area contributed by atoms with Gasteiger partial charge in [0.15, 0.2) is 10.8 Å². The van der Waals surface area contributed by atoms with Crippen molar-refractivity contribution in [2.45, 2.75) is 13.3 Å². The molecule has 0 aromatic carbocycles. The van der Waals surface area contributed by atoms with Crippen LogP contribution in [0.4, 0.5) is 5.13 Å². The lowest BCUT2D eigenvalue weighted by atomic mass is 10.3. The maximum absolute atomic E-state index is 11.0. The number of aromatic nitrogens is 1. The van der Waals surface area contributed by atoms with Crippen LogP contribution in [0.5, 0.6) is 0 Å². The molecule has 0 radical (unpaired) electrons. The van der Waals surface area contributed by atoms with Crippen molar-refractivity contribution in [3.63, 3.8) is 0 Å². The van der Waals surface area contributed by atoms with Gasteiger partial charge in [-0.15, -0.1) is 11.3 Å². The standard InChI is InChI=1S/C10H14N2O3S/c1-2-7-8(9(13)14)11-10(16-7)12-3-5-15-6-4-12/h2-6H2,1H3,(H,13,14). The van der Waals surface area contributed by atoms with E-state index in [2.05, 4.69) is 9.88 Å². The number of ether oxygens (including phenoxy) is 1. The number of carboxylic acid groups (broad SMARTS) is 1. The van der Waals surface area contributed by atoms with Gasteiger partial charge in [0.2, 0.25) is 0 Å². The third-order valence-corrected chi connectivity index (χ3v) is 3.75. The summed E-state index contributed by atoms with van der Waals surface area (Å²) in [5.74, 6) is -0.937. The van der Waals surface area contributed by atoms with Crippen LogP contribution in [0.3, 0.4) is 0 Å².